The Bertz CT molecular complexity index is 520. The number of rotatable bonds is 5. The molecule has 0 aromatic rings. The second-order valence-corrected chi connectivity index (χ2v) is 4.58. The average molecular weight is 400 g/mol. The molecule has 4 nitrogen and oxygen atoms in total. The van der Waals surface area contributed by atoms with E-state index in [1.165, 1.54) is 0 Å². The van der Waals surface area contributed by atoms with E-state index in [1.54, 1.807) is 0 Å². The maximum atomic E-state index is 12.8. The fourth-order valence-electron chi connectivity index (χ4n) is 1.01. The van der Waals surface area contributed by atoms with Gasteiger partial charge in [0.2, 0.25) is 0 Å². The van der Waals surface area contributed by atoms with E-state index in [4.69, 9.17) is 0 Å². The van der Waals surface area contributed by atoms with Crippen molar-refractivity contribution in [3.8, 4) is 0 Å². The third-order valence-corrected chi connectivity index (χ3v) is 2.31. The van der Waals surface area contributed by atoms with Gasteiger partial charge in [-0.25, -0.2) is 0 Å². The lowest BCUT2D eigenvalue weighted by atomic mass is 10.2. The van der Waals surface area contributed by atoms with Crippen LogP contribution in [-0.2, 0) is 10.4 Å². The fourth-order valence-corrected chi connectivity index (χ4v) is 1.44. The summed E-state index contributed by atoms with van der Waals surface area (Å²) in [7, 11) is -6.92. The third-order valence-electron chi connectivity index (χ3n) is 1.81. The van der Waals surface area contributed by atoms with Crippen LogP contribution in [0.4, 0.5) is 56.6 Å². The molecule has 0 saturated heterocycles. The van der Waals surface area contributed by atoms with Crippen LogP contribution in [0.2, 0.25) is 0 Å². The van der Waals surface area contributed by atoms with Crippen LogP contribution in [0.25, 0.3) is 0 Å². The molecule has 0 heterocycles. The van der Waals surface area contributed by atoms with Crippen LogP contribution in [0.3, 0.4) is 0 Å². The normalized spacial score (nSPS) is 16.1. The van der Waals surface area contributed by atoms with Gasteiger partial charge in [-0.2, -0.15) is 61.1 Å². The Kier molecular flexibility index (Phi) is 5.25. The minimum Gasteiger partial charge on any atom is -0.189 e. The molecule has 1 N–H and O–H groups in total. The molecule has 0 unspecified atom stereocenters. The monoisotopic (exact) mass is 400 g/mol. The van der Waals surface area contributed by atoms with Gasteiger partial charge >= 0.3 is 41.0 Å². The molecule has 0 amide bonds. The number of halogens is 13. The summed E-state index contributed by atoms with van der Waals surface area (Å²) in [5, 5.41) is 0. The number of hydrogen-bond acceptors (Lipinski definition) is 3. The summed E-state index contributed by atoms with van der Waals surface area (Å²) in [4.78, 5) is -4.19. The molecule has 0 aromatic carbocycles. The van der Waals surface area contributed by atoms with Gasteiger partial charge in [-0.15, -0.1) is 4.72 Å². The van der Waals surface area contributed by atoms with E-state index in [0.29, 0.717) is 0 Å². The molecule has 140 valence electrons. The molecule has 0 aromatic heterocycles. The highest BCUT2D eigenvalue weighted by Crippen LogP contribution is 2.52. The van der Waals surface area contributed by atoms with Gasteiger partial charge in [0.1, 0.15) is 0 Å². The van der Waals surface area contributed by atoms with E-state index in [-0.39, 0.29) is 0 Å². The molecule has 18 heteroatoms. The van der Waals surface area contributed by atoms with Gasteiger partial charge in [-0.3, -0.25) is 0 Å². The number of alkyl halides is 12. The van der Waals surface area contributed by atoms with Crippen molar-refractivity contribution in [2.45, 2.75) is 30.6 Å². The van der Waals surface area contributed by atoms with Gasteiger partial charge in [-0.05, 0) is 0 Å². The summed E-state index contributed by atoms with van der Waals surface area (Å²) in [6, 6.07) is -14.8. The second-order valence-electron chi connectivity index (χ2n) is 3.50. The molecule has 0 bridgehead atoms. The van der Waals surface area contributed by atoms with Gasteiger partial charge < -0.3 is 0 Å². The standard InChI is InChI=1S/C5HF13N2O2S/c6-1(7,2(8,9)19-23(18,21)22)3(10,11)20(4(12,13)14)5(15,16)17/h19H. The molecule has 0 rings (SSSR count). The van der Waals surface area contributed by atoms with E-state index in [1.807, 2.05) is 0 Å². The Balaban J connectivity index is 6.23. The lowest BCUT2D eigenvalue weighted by Gasteiger charge is -2.39. The molecular formula is C5HF13N2O2S. The first-order valence-electron chi connectivity index (χ1n) is 4.38. The number of hydrogen-bond donors (Lipinski definition) is 1. The SMILES string of the molecule is O=S(=O)(F)NC(F)(F)C(F)(F)C(F)(F)N(C(F)(F)F)C(F)(F)F. The largest absolute Gasteiger partial charge is 0.472 e. The van der Waals surface area contributed by atoms with Crippen molar-refractivity contribution in [3.05, 3.63) is 0 Å². The third kappa shape index (κ3) is 4.49. The van der Waals surface area contributed by atoms with Gasteiger partial charge in [0.05, 0.1) is 0 Å². The summed E-state index contributed by atoms with van der Waals surface area (Å²) < 4.78 is 178. The van der Waals surface area contributed by atoms with Gasteiger partial charge in [0, 0.05) is 0 Å². The highest BCUT2D eigenvalue weighted by Gasteiger charge is 2.82. The fraction of sp³-hybridized carbons (Fsp3) is 1.00. The van der Waals surface area contributed by atoms with Crippen molar-refractivity contribution in [3.63, 3.8) is 0 Å². The Hall–Kier alpha value is -1.04. The molecule has 0 spiro atoms. The van der Waals surface area contributed by atoms with Crippen LogP contribution in [-0.4, -0.2) is 43.9 Å². The predicted octanol–water partition coefficient (Wildman–Crippen LogP) is 2.95. The molecule has 0 aliphatic carbocycles. The lowest BCUT2D eigenvalue weighted by Crippen LogP contribution is -2.71. The molecule has 0 aliphatic rings. The van der Waals surface area contributed by atoms with E-state index in [2.05, 4.69) is 0 Å². The summed E-state index contributed by atoms with van der Waals surface area (Å²) in [6.45, 7) is 0. The molecule has 0 atom stereocenters. The van der Waals surface area contributed by atoms with Crippen LogP contribution in [0.5, 0.6) is 0 Å². The van der Waals surface area contributed by atoms with Crippen molar-refractivity contribution in [2.75, 3.05) is 0 Å². The molecule has 0 saturated carbocycles. The van der Waals surface area contributed by atoms with Crippen LogP contribution < -0.4 is 4.72 Å². The summed E-state index contributed by atoms with van der Waals surface area (Å²) in [6.07, 6.45) is -14.7. The number of nitrogens with one attached hydrogen (secondary N) is 1. The van der Waals surface area contributed by atoms with Gasteiger partial charge in [-0.1, -0.05) is 8.79 Å². The zero-order chi connectivity index (χ0) is 19.3. The van der Waals surface area contributed by atoms with Crippen molar-refractivity contribution in [1.29, 1.82) is 0 Å². The Morgan fingerprint density at radius 1 is 0.696 bits per heavy atom. The minimum atomic E-state index is -7.76. The average Bonchev–Trinajstić information content (AvgIpc) is 2.05. The first-order chi connectivity index (χ1) is 9.57. The second kappa shape index (κ2) is 5.50. The Morgan fingerprint density at radius 3 is 1.22 bits per heavy atom. The van der Waals surface area contributed by atoms with Gasteiger partial charge in [0.15, 0.2) is 0 Å². The molecular weight excluding hydrogens is 399 g/mol. The van der Waals surface area contributed by atoms with Crippen LogP contribution in [0, 0.1) is 0 Å². The van der Waals surface area contributed by atoms with E-state index < -0.39 is 50.6 Å². The Morgan fingerprint density at radius 2 is 1.00 bits per heavy atom. The first-order valence-corrected chi connectivity index (χ1v) is 5.76. The highest BCUT2D eigenvalue weighted by atomic mass is 32.3. The maximum Gasteiger partial charge on any atom is 0.472 e. The summed E-state index contributed by atoms with van der Waals surface area (Å²) >= 11 is 0. The van der Waals surface area contributed by atoms with E-state index >= 15 is 0 Å². The Labute approximate surface area is 117 Å². The molecule has 0 fully saturated rings. The van der Waals surface area contributed by atoms with Crippen molar-refractivity contribution in [1.82, 2.24) is 9.62 Å². The van der Waals surface area contributed by atoms with E-state index in [0.717, 1.165) is 0 Å². The zero-order valence-corrected chi connectivity index (χ0v) is 10.4. The van der Waals surface area contributed by atoms with Crippen LogP contribution in [0.15, 0.2) is 0 Å². The maximum absolute atomic E-state index is 12.8. The summed E-state index contributed by atoms with van der Waals surface area (Å²) in [5.41, 5.74) is 0. The first kappa shape index (κ1) is 22.0. The predicted molar refractivity (Wildman–Crippen MR) is 42.0 cm³/mol. The summed E-state index contributed by atoms with van der Waals surface area (Å²) in [5.74, 6) is -7.68. The van der Waals surface area contributed by atoms with Crippen molar-refractivity contribution >= 4 is 10.4 Å². The van der Waals surface area contributed by atoms with Crippen LogP contribution >= 0.6 is 0 Å². The smallest absolute Gasteiger partial charge is 0.189 e. The molecule has 0 aliphatic heterocycles. The van der Waals surface area contributed by atoms with Crippen LogP contribution in [0.1, 0.15) is 0 Å². The minimum absolute atomic E-state index is 1.12. The zero-order valence-electron chi connectivity index (χ0n) is 9.59. The van der Waals surface area contributed by atoms with Crippen molar-refractivity contribution in [2.24, 2.45) is 0 Å². The lowest BCUT2D eigenvalue weighted by molar-refractivity contribution is -0.484. The quantitative estimate of drug-likeness (QED) is 0.439. The molecule has 0 radical (unpaired) electrons. The van der Waals surface area contributed by atoms with Gasteiger partial charge in [0.25, 0.3) is 0 Å². The van der Waals surface area contributed by atoms with E-state index in [9.17, 15) is 65.0 Å². The van der Waals surface area contributed by atoms with Crippen molar-refractivity contribution < 1.29 is 65.0 Å². The molecule has 23 heavy (non-hydrogen) atoms. The topological polar surface area (TPSA) is 49.4 Å². The highest BCUT2D eigenvalue weighted by molar-refractivity contribution is 7.84. The number of nitrogens with zero attached hydrogens (tertiary/aromatic N) is 1.